The maximum absolute atomic E-state index is 15.0. The zero-order chi connectivity index (χ0) is 23.9. The topological polar surface area (TPSA) is 101 Å². The average molecular weight is 487 g/mol. The fourth-order valence-corrected chi connectivity index (χ4v) is 5.76. The summed E-state index contributed by atoms with van der Waals surface area (Å²) in [5, 5.41) is 10.5. The van der Waals surface area contributed by atoms with E-state index in [1.54, 1.807) is 7.05 Å². The number of hydrogen-bond acceptors (Lipinski definition) is 7. The van der Waals surface area contributed by atoms with E-state index in [0.29, 0.717) is 31.1 Å². The van der Waals surface area contributed by atoms with Crippen LogP contribution in [0, 0.1) is 5.82 Å². The van der Waals surface area contributed by atoms with E-state index in [4.69, 9.17) is 4.74 Å². The number of anilines is 1. The Morgan fingerprint density at radius 2 is 1.97 bits per heavy atom. The summed E-state index contributed by atoms with van der Waals surface area (Å²) in [6, 6.07) is 13.3. The number of fused-ring (bicyclic) bond motifs is 1. The molecule has 2 aliphatic rings. The molecule has 2 atom stereocenters. The minimum Gasteiger partial charge on any atom is -0.492 e. The van der Waals surface area contributed by atoms with E-state index in [2.05, 4.69) is 32.5 Å². The van der Waals surface area contributed by atoms with Crippen molar-refractivity contribution in [1.82, 2.24) is 25.0 Å². The molecule has 0 aliphatic carbocycles. The lowest BCUT2D eigenvalue weighted by atomic mass is 9.83. The van der Waals surface area contributed by atoms with Crippen molar-refractivity contribution >= 4 is 15.7 Å². The SMILES string of the molecule is CN[C@@H]1COc2cc(F)c(N3CC(NS(=O)(=O)c4cn(C)nn4)C3)cc2[C@H]1Cc1ccccc1. The minimum atomic E-state index is -3.78. The molecular formula is C23H27FN6O3S. The molecule has 5 rings (SSSR count). The van der Waals surface area contributed by atoms with Gasteiger partial charge in [-0.2, -0.15) is 0 Å². The fraction of sp³-hybridized carbons (Fsp3) is 0.391. The van der Waals surface area contributed by atoms with Gasteiger partial charge in [0, 0.05) is 43.7 Å². The van der Waals surface area contributed by atoms with Crippen LogP contribution < -0.4 is 19.7 Å². The molecule has 0 saturated carbocycles. The highest BCUT2D eigenvalue weighted by atomic mass is 32.2. The number of ether oxygens (including phenoxy) is 1. The Morgan fingerprint density at radius 3 is 2.65 bits per heavy atom. The van der Waals surface area contributed by atoms with Crippen molar-refractivity contribution in [2.45, 2.75) is 29.4 Å². The van der Waals surface area contributed by atoms with Gasteiger partial charge in [0.05, 0.1) is 17.9 Å². The van der Waals surface area contributed by atoms with Gasteiger partial charge in [0.1, 0.15) is 18.2 Å². The lowest BCUT2D eigenvalue weighted by Gasteiger charge is -2.42. The molecule has 1 fully saturated rings. The number of likely N-dealkylation sites (N-methyl/N-ethyl adjacent to an activating group) is 1. The first-order valence-electron chi connectivity index (χ1n) is 11.1. The van der Waals surface area contributed by atoms with Crippen LogP contribution in [0.4, 0.5) is 10.1 Å². The third kappa shape index (κ3) is 4.38. The van der Waals surface area contributed by atoms with Crippen molar-refractivity contribution in [1.29, 1.82) is 0 Å². The molecule has 9 nitrogen and oxygen atoms in total. The van der Waals surface area contributed by atoms with Crippen molar-refractivity contribution in [3.63, 3.8) is 0 Å². The second-order valence-corrected chi connectivity index (χ2v) is 10.5. The van der Waals surface area contributed by atoms with Gasteiger partial charge in [0.15, 0.2) is 0 Å². The van der Waals surface area contributed by atoms with Crippen LogP contribution in [0.3, 0.4) is 0 Å². The van der Waals surface area contributed by atoms with Crippen LogP contribution in [0.5, 0.6) is 5.75 Å². The number of aromatic nitrogens is 3. The van der Waals surface area contributed by atoms with Crippen molar-refractivity contribution in [2.75, 3.05) is 31.6 Å². The Kier molecular flexibility index (Phi) is 6.00. The minimum absolute atomic E-state index is 0.0916. The molecule has 0 bridgehead atoms. The normalized spacial score (nSPS) is 20.5. The fourth-order valence-electron chi connectivity index (χ4n) is 4.61. The van der Waals surface area contributed by atoms with Gasteiger partial charge in [-0.15, -0.1) is 5.10 Å². The summed E-state index contributed by atoms with van der Waals surface area (Å²) in [5.41, 5.74) is 2.61. The molecule has 3 heterocycles. The third-order valence-electron chi connectivity index (χ3n) is 6.45. The summed E-state index contributed by atoms with van der Waals surface area (Å²) < 4.78 is 49.8. The number of aryl methyl sites for hydroxylation is 1. The van der Waals surface area contributed by atoms with Gasteiger partial charge in [0.2, 0.25) is 5.03 Å². The molecule has 1 aromatic heterocycles. The molecule has 0 unspecified atom stereocenters. The van der Waals surface area contributed by atoms with Crippen LogP contribution in [0.25, 0.3) is 0 Å². The molecule has 180 valence electrons. The second kappa shape index (κ2) is 8.97. The van der Waals surface area contributed by atoms with Crippen LogP contribution in [0.2, 0.25) is 0 Å². The van der Waals surface area contributed by atoms with Gasteiger partial charge < -0.3 is 15.0 Å². The predicted octanol–water partition coefficient (Wildman–Crippen LogP) is 1.43. The van der Waals surface area contributed by atoms with E-state index in [9.17, 15) is 8.42 Å². The molecule has 11 heteroatoms. The quantitative estimate of drug-likeness (QED) is 0.521. The van der Waals surface area contributed by atoms with Crippen molar-refractivity contribution in [3.8, 4) is 5.75 Å². The lowest BCUT2D eigenvalue weighted by Crippen LogP contribution is -2.59. The van der Waals surface area contributed by atoms with Crippen molar-refractivity contribution in [2.24, 2.45) is 7.05 Å². The van der Waals surface area contributed by atoms with Gasteiger partial charge in [0.25, 0.3) is 10.0 Å². The Morgan fingerprint density at radius 1 is 1.21 bits per heavy atom. The Hall–Kier alpha value is -3.02. The first kappa shape index (κ1) is 22.8. The Labute approximate surface area is 198 Å². The number of rotatable bonds is 7. The summed E-state index contributed by atoms with van der Waals surface area (Å²) in [5.74, 6) is 0.298. The highest BCUT2D eigenvalue weighted by Crippen LogP contribution is 2.40. The van der Waals surface area contributed by atoms with Gasteiger partial charge in [-0.1, -0.05) is 35.5 Å². The number of halogens is 1. The highest BCUT2D eigenvalue weighted by Gasteiger charge is 2.36. The number of benzene rings is 2. The van der Waals surface area contributed by atoms with E-state index in [1.807, 2.05) is 36.2 Å². The predicted molar refractivity (Wildman–Crippen MR) is 125 cm³/mol. The zero-order valence-corrected chi connectivity index (χ0v) is 19.8. The molecule has 0 amide bonds. The molecular weight excluding hydrogens is 459 g/mol. The van der Waals surface area contributed by atoms with Crippen LogP contribution >= 0.6 is 0 Å². The molecule has 1 saturated heterocycles. The van der Waals surface area contributed by atoms with Gasteiger partial charge in [-0.05, 0) is 25.1 Å². The smallest absolute Gasteiger partial charge is 0.261 e. The average Bonchev–Trinajstić information content (AvgIpc) is 3.24. The van der Waals surface area contributed by atoms with E-state index in [-0.39, 0.29) is 28.8 Å². The number of nitrogens with zero attached hydrogens (tertiary/aromatic N) is 4. The highest BCUT2D eigenvalue weighted by molar-refractivity contribution is 7.89. The van der Waals surface area contributed by atoms with E-state index >= 15 is 4.39 Å². The first-order valence-corrected chi connectivity index (χ1v) is 12.6. The summed E-state index contributed by atoms with van der Waals surface area (Å²) in [4.78, 5) is 1.84. The Balaban J connectivity index is 1.34. The number of sulfonamides is 1. The maximum atomic E-state index is 15.0. The van der Waals surface area contributed by atoms with Gasteiger partial charge in [-0.3, -0.25) is 4.68 Å². The summed E-state index contributed by atoms with van der Waals surface area (Å²) in [7, 11) is -0.269. The standard InChI is InChI=1S/C23H27FN6O3S/c1-25-20-14-33-22-10-19(24)21(9-18(22)17(20)8-15-6-4-3-5-7-15)30-11-16(12-30)27-34(31,32)23-13-29(2)28-26-23/h3-7,9-10,13,16-17,20,25,27H,8,11-12,14H2,1-2H3/t17-,20-/m1/s1. The number of hydrogen-bond donors (Lipinski definition) is 2. The van der Waals surface area contributed by atoms with Crippen LogP contribution in [0.1, 0.15) is 17.0 Å². The molecule has 2 aliphatic heterocycles. The summed E-state index contributed by atoms with van der Waals surface area (Å²) in [6.45, 7) is 1.18. The summed E-state index contributed by atoms with van der Waals surface area (Å²) in [6.07, 6.45) is 2.14. The van der Waals surface area contributed by atoms with E-state index in [0.717, 1.165) is 12.0 Å². The summed E-state index contributed by atoms with van der Waals surface area (Å²) >= 11 is 0. The van der Waals surface area contributed by atoms with E-state index in [1.165, 1.54) is 22.5 Å². The largest absolute Gasteiger partial charge is 0.492 e. The first-order chi connectivity index (χ1) is 16.3. The molecule has 0 radical (unpaired) electrons. The van der Waals surface area contributed by atoms with Gasteiger partial charge in [-0.25, -0.2) is 17.5 Å². The second-order valence-electron chi connectivity index (χ2n) is 8.80. The monoisotopic (exact) mass is 486 g/mol. The van der Waals surface area contributed by atoms with Crippen molar-refractivity contribution < 1.29 is 17.5 Å². The molecule has 34 heavy (non-hydrogen) atoms. The molecule has 3 aromatic rings. The molecule has 2 aromatic carbocycles. The Bertz CT molecular complexity index is 1280. The third-order valence-corrected chi connectivity index (χ3v) is 7.83. The number of nitrogens with one attached hydrogen (secondary N) is 2. The molecule has 2 N–H and O–H groups in total. The maximum Gasteiger partial charge on any atom is 0.261 e. The zero-order valence-electron chi connectivity index (χ0n) is 19.0. The van der Waals surface area contributed by atoms with Crippen molar-refractivity contribution in [3.05, 3.63) is 65.6 Å². The lowest BCUT2D eigenvalue weighted by molar-refractivity contribution is 0.218. The van der Waals surface area contributed by atoms with Crippen LogP contribution in [-0.2, 0) is 23.5 Å². The van der Waals surface area contributed by atoms with Gasteiger partial charge >= 0.3 is 0 Å². The van der Waals surface area contributed by atoms with Crippen LogP contribution in [0.15, 0.2) is 53.7 Å². The van der Waals surface area contributed by atoms with E-state index < -0.39 is 10.0 Å². The molecule has 0 spiro atoms. The van der Waals surface area contributed by atoms with Crippen LogP contribution in [-0.4, -0.2) is 62.2 Å².